The molecule has 2 N–H and O–H groups in total. The maximum absolute atomic E-state index is 12.3. The van der Waals surface area contributed by atoms with Gasteiger partial charge in [0.2, 0.25) is 0 Å². The molecule has 0 spiro atoms. The van der Waals surface area contributed by atoms with E-state index in [2.05, 4.69) is 0 Å². The number of thioether (sulfide) groups is 1. The molecule has 0 radical (unpaired) electrons. The lowest BCUT2D eigenvalue weighted by Gasteiger charge is -2.16. The van der Waals surface area contributed by atoms with Gasteiger partial charge in [0.25, 0.3) is 0 Å². The minimum Gasteiger partial charge on any atom is -0.324 e. The summed E-state index contributed by atoms with van der Waals surface area (Å²) in [6.07, 6.45) is 2.04. The Morgan fingerprint density at radius 2 is 1.88 bits per heavy atom. The van der Waals surface area contributed by atoms with Gasteiger partial charge in [0.15, 0.2) is 0 Å². The van der Waals surface area contributed by atoms with Gasteiger partial charge in [-0.15, -0.1) is 0 Å². The molecule has 1 aromatic rings. The third-order valence-corrected chi connectivity index (χ3v) is 3.46. The highest BCUT2D eigenvalue weighted by atomic mass is 32.2. The summed E-state index contributed by atoms with van der Waals surface area (Å²) in [4.78, 5) is 0.231. The summed E-state index contributed by atoms with van der Waals surface area (Å²) in [6.45, 7) is 0. The van der Waals surface area contributed by atoms with Crippen LogP contribution in [0.15, 0.2) is 29.2 Å². The summed E-state index contributed by atoms with van der Waals surface area (Å²) in [5.74, 6) is 0.356. The Bertz CT molecular complexity index is 374. The Hall–Kier alpha value is -0.680. The topological polar surface area (TPSA) is 26.0 Å². The van der Waals surface area contributed by atoms with Gasteiger partial charge in [-0.05, 0) is 42.2 Å². The Morgan fingerprint density at radius 1 is 1.25 bits per heavy atom. The second-order valence-corrected chi connectivity index (χ2v) is 5.06. The van der Waals surface area contributed by atoms with Crippen LogP contribution in [0.3, 0.4) is 0 Å². The average molecular weight is 247 g/mol. The van der Waals surface area contributed by atoms with Crippen LogP contribution in [0.5, 0.6) is 0 Å². The van der Waals surface area contributed by atoms with Crippen LogP contribution in [0.1, 0.15) is 24.4 Å². The summed E-state index contributed by atoms with van der Waals surface area (Å²) in [5, 5.41) is 0. The molecular weight excluding hydrogens is 235 g/mol. The van der Waals surface area contributed by atoms with Crippen molar-refractivity contribution in [3.05, 3.63) is 29.8 Å². The maximum Gasteiger partial charge on any atom is 0.446 e. The lowest BCUT2D eigenvalue weighted by Crippen LogP contribution is -2.14. The van der Waals surface area contributed by atoms with Crippen molar-refractivity contribution in [2.24, 2.45) is 11.7 Å². The average Bonchev–Trinajstić information content (AvgIpc) is 2.98. The fraction of sp³-hybridized carbons (Fsp3) is 0.455. The quantitative estimate of drug-likeness (QED) is 0.824. The van der Waals surface area contributed by atoms with Crippen LogP contribution in [-0.2, 0) is 0 Å². The Morgan fingerprint density at radius 3 is 2.44 bits per heavy atom. The van der Waals surface area contributed by atoms with Crippen molar-refractivity contribution in [1.29, 1.82) is 0 Å². The molecule has 1 aromatic carbocycles. The van der Waals surface area contributed by atoms with Gasteiger partial charge in [0, 0.05) is 10.9 Å². The lowest BCUT2D eigenvalue weighted by atomic mass is 10.0. The van der Waals surface area contributed by atoms with Crippen molar-refractivity contribution in [1.82, 2.24) is 0 Å². The van der Waals surface area contributed by atoms with Crippen molar-refractivity contribution in [2.75, 3.05) is 0 Å². The molecule has 0 aromatic heterocycles. The number of nitrogens with two attached hydrogens (primary N) is 1. The summed E-state index contributed by atoms with van der Waals surface area (Å²) in [6, 6.07) is 6.26. The largest absolute Gasteiger partial charge is 0.446 e. The van der Waals surface area contributed by atoms with E-state index in [4.69, 9.17) is 5.73 Å². The molecule has 1 saturated carbocycles. The van der Waals surface area contributed by atoms with E-state index in [0.29, 0.717) is 11.5 Å². The van der Waals surface area contributed by atoms with Crippen molar-refractivity contribution in [3.8, 4) is 0 Å². The Kier molecular flexibility index (Phi) is 3.17. The molecule has 0 saturated heterocycles. The first-order chi connectivity index (χ1) is 7.47. The van der Waals surface area contributed by atoms with Gasteiger partial charge in [-0.1, -0.05) is 18.2 Å². The number of rotatable bonds is 3. The zero-order chi connectivity index (χ0) is 11.8. The predicted molar refractivity (Wildman–Crippen MR) is 58.0 cm³/mol. The maximum atomic E-state index is 12.3. The summed E-state index contributed by atoms with van der Waals surface area (Å²) in [5.41, 5.74) is 2.31. The normalized spacial score (nSPS) is 18.5. The summed E-state index contributed by atoms with van der Waals surface area (Å²) < 4.78 is 37.0. The number of benzene rings is 1. The predicted octanol–water partition coefficient (Wildman–Crippen LogP) is 3.71. The third-order valence-electron chi connectivity index (χ3n) is 2.63. The van der Waals surface area contributed by atoms with E-state index in [-0.39, 0.29) is 22.7 Å². The third kappa shape index (κ3) is 2.92. The van der Waals surface area contributed by atoms with E-state index in [1.54, 1.807) is 18.2 Å². The van der Waals surface area contributed by atoms with E-state index in [1.165, 1.54) is 6.07 Å². The first kappa shape index (κ1) is 11.8. The van der Waals surface area contributed by atoms with Crippen LogP contribution in [0, 0.1) is 5.92 Å². The standard InChI is InChI=1S/C11H12F3NS/c12-11(13,14)16-9-4-2-1-3-8(9)10(15)7-5-6-7/h1-4,7,10H,5-6,15H2/t10-/m1/s1. The zero-order valence-electron chi connectivity index (χ0n) is 8.50. The second-order valence-electron chi connectivity index (χ2n) is 3.95. The smallest absolute Gasteiger partial charge is 0.324 e. The molecular formula is C11H12F3NS. The Labute approximate surface area is 96.2 Å². The van der Waals surface area contributed by atoms with Crippen molar-refractivity contribution < 1.29 is 13.2 Å². The van der Waals surface area contributed by atoms with Crippen LogP contribution in [-0.4, -0.2) is 5.51 Å². The van der Waals surface area contributed by atoms with E-state index >= 15 is 0 Å². The molecule has 88 valence electrons. The fourth-order valence-electron chi connectivity index (χ4n) is 1.68. The molecule has 0 heterocycles. The van der Waals surface area contributed by atoms with Crippen LogP contribution in [0.25, 0.3) is 0 Å². The van der Waals surface area contributed by atoms with Gasteiger partial charge in [-0.3, -0.25) is 0 Å². The zero-order valence-corrected chi connectivity index (χ0v) is 9.31. The molecule has 1 fully saturated rings. The molecule has 16 heavy (non-hydrogen) atoms. The molecule has 0 aliphatic heterocycles. The van der Waals surface area contributed by atoms with Crippen LogP contribution >= 0.6 is 11.8 Å². The van der Waals surface area contributed by atoms with Gasteiger partial charge in [-0.2, -0.15) is 13.2 Å². The van der Waals surface area contributed by atoms with Gasteiger partial charge < -0.3 is 5.73 Å². The first-order valence-corrected chi connectivity index (χ1v) is 5.89. The van der Waals surface area contributed by atoms with Crippen molar-refractivity contribution in [3.63, 3.8) is 0 Å². The van der Waals surface area contributed by atoms with Crippen molar-refractivity contribution in [2.45, 2.75) is 29.3 Å². The monoisotopic (exact) mass is 247 g/mol. The molecule has 0 unspecified atom stereocenters. The highest BCUT2D eigenvalue weighted by Crippen LogP contribution is 2.45. The molecule has 5 heteroatoms. The van der Waals surface area contributed by atoms with E-state index < -0.39 is 5.51 Å². The summed E-state index contributed by atoms with van der Waals surface area (Å²) in [7, 11) is 0. The number of hydrogen-bond donors (Lipinski definition) is 1. The highest BCUT2D eigenvalue weighted by molar-refractivity contribution is 8.00. The minimum absolute atomic E-state index is 0.0791. The van der Waals surface area contributed by atoms with Crippen molar-refractivity contribution >= 4 is 11.8 Å². The van der Waals surface area contributed by atoms with Gasteiger partial charge in [0.05, 0.1) is 0 Å². The summed E-state index contributed by atoms with van der Waals surface area (Å²) >= 11 is -0.0791. The molecule has 0 bridgehead atoms. The number of alkyl halides is 3. The number of halogens is 3. The lowest BCUT2D eigenvalue weighted by molar-refractivity contribution is -0.0328. The van der Waals surface area contributed by atoms with E-state index in [9.17, 15) is 13.2 Å². The molecule has 1 nitrogen and oxygen atoms in total. The molecule has 1 atom stereocenters. The van der Waals surface area contributed by atoms with Gasteiger partial charge in [-0.25, -0.2) is 0 Å². The molecule has 0 amide bonds. The first-order valence-electron chi connectivity index (χ1n) is 5.07. The van der Waals surface area contributed by atoms with Gasteiger partial charge in [0.1, 0.15) is 0 Å². The van der Waals surface area contributed by atoms with E-state index in [0.717, 1.165) is 12.8 Å². The van der Waals surface area contributed by atoms with Gasteiger partial charge >= 0.3 is 5.51 Å². The molecule has 1 aliphatic carbocycles. The van der Waals surface area contributed by atoms with Crippen LogP contribution in [0.2, 0.25) is 0 Å². The van der Waals surface area contributed by atoms with Crippen LogP contribution in [0.4, 0.5) is 13.2 Å². The Balaban J connectivity index is 2.22. The fourth-order valence-corrected chi connectivity index (χ4v) is 2.40. The minimum atomic E-state index is -4.25. The highest BCUT2D eigenvalue weighted by Gasteiger charge is 2.34. The van der Waals surface area contributed by atoms with Crippen LogP contribution < -0.4 is 5.73 Å². The SMILES string of the molecule is N[C@@H](c1ccccc1SC(F)(F)F)C1CC1. The van der Waals surface area contributed by atoms with E-state index in [1.807, 2.05) is 0 Å². The molecule has 2 rings (SSSR count). The number of hydrogen-bond acceptors (Lipinski definition) is 2. The molecule has 1 aliphatic rings. The second kappa shape index (κ2) is 4.30.